The van der Waals surface area contributed by atoms with Crippen molar-refractivity contribution in [3.05, 3.63) is 24.3 Å². The summed E-state index contributed by atoms with van der Waals surface area (Å²) >= 11 is 0. The Balaban J connectivity index is 0.00000117. The topological polar surface area (TPSA) is 0 Å². The van der Waals surface area contributed by atoms with Crippen LogP contribution in [0.5, 0.6) is 0 Å². The second-order valence-electron chi connectivity index (χ2n) is 11.8. The number of fused-ring (bicyclic) bond motifs is 5. The van der Waals surface area contributed by atoms with E-state index in [1.807, 2.05) is 13.8 Å². The first kappa shape index (κ1) is 23.1. The van der Waals surface area contributed by atoms with Gasteiger partial charge in [-0.2, -0.15) is 0 Å². The van der Waals surface area contributed by atoms with E-state index in [4.69, 9.17) is 6.58 Å². The molecule has 4 aliphatic carbocycles. The molecule has 7 atom stereocenters. The third-order valence-electron chi connectivity index (χ3n) is 10.8. The minimum atomic E-state index is 0.426. The van der Waals surface area contributed by atoms with Crippen molar-refractivity contribution in [2.75, 3.05) is 0 Å². The van der Waals surface area contributed by atoms with E-state index in [-0.39, 0.29) is 0 Å². The molecule has 0 aromatic heterocycles. The normalized spacial score (nSPS) is 46.1. The molecule has 0 aromatic rings. The number of rotatable bonds is 4. The zero-order chi connectivity index (χ0) is 21.4. The number of hydrogen-bond donors (Lipinski definition) is 0. The molecule has 1 unspecified atom stereocenters. The first-order chi connectivity index (χ1) is 13.7. The molecule has 0 bridgehead atoms. The van der Waals surface area contributed by atoms with Gasteiger partial charge in [-0.15, -0.1) is 6.58 Å². The lowest BCUT2D eigenvalue weighted by Gasteiger charge is -2.65. The summed E-state index contributed by atoms with van der Waals surface area (Å²) < 4.78 is 0. The van der Waals surface area contributed by atoms with Gasteiger partial charge in [0, 0.05) is 0 Å². The van der Waals surface area contributed by atoms with Crippen LogP contribution in [0.3, 0.4) is 0 Å². The van der Waals surface area contributed by atoms with Gasteiger partial charge in [-0.3, -0.25) is 0 Å². The van der Waals surface area contributed by atoms with Crippen LogP contribution >= 0.6 is 0 Å². The van der Waals surface area contributed by atoms with Gasteiger partial charge in [0.15, 0.2) is 0 Å². The first-order valence-electron chi connectivity index (χ1n) is 13.0. The Bertz CT molecular complexity index is 614. The first-order valence-corrected chi connectivity index (χ1v) is 13.0. The van der Waals surface area contributed by atoms with Crippen molar-refractivity contribution in [3.8, 4) is 0 Å². The molecule has 0 spiro atoms. The predicted molar refractivity (Wildman–Crippen MR) is 129 cm³/mol. The number of allylic oxidation sites excluding steroid dienone is 2. The van der Waals surface area contributed by atoms with Crippen LogP contribution in [0.25, 0.3) is 0 Å². The molecule has 0 aliphatic heterocycles. The third kappa shape index (κ3) is 3.59. The van der Waals surface area contributed by atoms with Gasteiger partial charge in [0.2, 0.25) is 0 Å². The minimum absolute atomic E-state index is 0.426. The summed E-state index contributed by atoms with van der Waals surface area (Å²) in [5.74, 6) is 3.68. The van der Waals surface area contributed by atoms with Gasteiger partial charge in [0.1, 0.15) is 0 Å². The summed E-state index contributed by atoms with van der Waals surface area (Å²) in [6, 6.07) is 0. The van der Waals surface area contributed by atoms with E-state index >= 15 is 0 Å². The molecule has 29 heavy (non-hydrogen) atoms. The zero-order valence-corrected chi connectivity index (χ0v) is 20.7. The lowest BCUT2D eigenvalue weighted by Crippen LogP contribution is -2.57. The highest BCUT2D eigenvalue weighted by Gasteiger charge is 2.63. The van der Waals surface area contributed by atoms with Crippen LogP contribution in [-0.4, -0.2) is 0 Å². The maximum atomic E-state index is 4.79. The molecule has 0 amide bonds. The molecule has 166 valence electrons. The Hall–Kier alpha value is -0.520. The van der Waals surface area contributed by atoms with Crippen LogP contribution in [0, 0.1) is 39.9 Å². The molecular weight excluding hydrogens is 348 g/mol. The summed E-state index contributed by atoms with van der Waals surface area (Å²) in [6.07, 6.45) is 17.1. The lowest BCUT2D eigenvalue weighted by atomic mass is 9.40. The van der Waals surface area contributed by atoms with Crippen molar-refractivity contribution in [1.82, 2.24) is 0 Å². The predicted octanol–water partition coefficient (Wildman–Crippen LogP) is 9.36. The zero-order valence-electron chi connectivity index (χ0n) is 20.7. The Labute approximate surface area is 183 Å². The monoisotopic (exact) mass is 398 g/mol. The molecule has 4 saturated carbocycles. The molecule has 4 aliphatic rings. The summed E-state index contributed by atoms with van der Waals surface area (Å²) in [4.78, 5) is 0. The SMILES string of the molecule is C=C(C)CCC[C@H]1CC[C@H]2[C@@H]3CCC4(C)CCCC[C@]4(C)[C@H]3CC(=C)[C@]12C.CC. The summed E-state index contributed by atoms with van der Waals surface area (Å²) in [5.41, 5.74) is 4.59. The van der Waals surface area contributed by atoms with Gasteiger partial charge < -0.3 is 0 Å². The molecule has 4 fully saturated rings. The van der Waals surface area contributed by atoms with E-state index in [2.05, 4.69) is 34.3 Å². The van der Waals surface area contributed by atoms with Crippen molar-refractivity contribution in [2.45, 2.75) is 119 Å². The highest BCUT2D eigenvalue weighted by atomic mass is 14.7. The van der Waals surface area contributed by atoms with Crippen molar-refractivity contribution < 1.29 is 0 Å². The molecule has 0 heterocycles. The highest BCUT2D eigenvalue weighted by molar-refractivity contribution is 5.25. The molecular formula is C29H50. The average molecular weight is 399 g/mol. The van der Waals surface area contributed by atoms with E-state index in [0.29, 0.717) is 16.2 Å². The van der Waals surface area contributed by atoms with Crippen molar-refractivity contribution in [1.29, 1.82) is 0 Å². The quantitative estimate of drug-likeness (QED) is 0.414. The van der Waals surface area contributed by atoms with E-state index in [1.54, 1.807) is 5.57 Å². The molecule has 0 saturated heterocycles. The van der Waals surface area contributed by atoms with E-state index in [0.717, 1.165) is 23.7 Å². The fraction of sp³-hybridized carbons (Fsp3) is 0.862. The van der Waals surface area contributed by atoms with Gasteiger partial charge in [0.25, 0.3) is 0 Å². The van der Waals surface area contributed by atoms with Crippen LogP contribution in [0.1, 0.15) is 119 Å². The molecule has 0 aromatic carbocycles. The standard InChI is InChI=1S/C27H44.C2H6/c1-19(2)10-9-11-21-12-13-23-22-14-17-25(4)15-7-8-16-26(25,5)24(22)18-20(3)27(21,23)6;1-2/h21-24H,1,3,7-18H2,2,4-6H3;1-2H3/t21-,22-,23-,24-,25?,26+,27+;/m0./s1. The average Bonchev–Trinajstić information content (AvgIpc) is 3.03. The lowest BCUT2D eigenvalue weighted by molar-refractivity contribution is -0.137. The Morgan fingerprint density at radius 2 is 1.66 bits per heavy atom. The van der Waals surface area contributed by atoms with Gasteiger partial charge in [-0.25, -0.2) is 0 Å². The largest absolute Gasteiger partial charge is 0.100 e. The molecule has 0 heteroatoms. The Morgan fingerprint density at radius 3 is 2.34 bits per heavy atom. The maximum Gasteiger partial charge on any atom is -0.00597 e. The fourth-order valence-electron chi connectivity index (χ4n) is 8.73. The molecule has 0 radical (unpaired) electrons. The van der Waals surface area contributed by atoms with Gasteiger partial charge in [-0.1, -0.05) is 65.2 Å². The Kier molecular flexibility index (Phi) is 6.82. The second-order valence-corrected chi connectivity index (χ2v) is 11.8. The molecule has 4 rings (SSSR count). The van der Waals surface area contributed by atoms with Crippen LogP contribution in [-0.2, 0) is 0 Å². The highest BCUT2D eigenvalue weighted by Crippen LogP contribution is 2.71. The van der Waals surface area contributed by atoms with Crippen LogP contribution in [0.15, 0.2) is 24.3 Å². The summed E-state index contributed by atoms with van der Waals surface area (Å²) in [5, 5.41) is 0. The van der Waals surface area contributed by atoms with Crippen molar-refractivity contribution in [3.63, 3.8) is 0 Å². The van der Waals surface area contributed by atoms with Gasteiger partial charge in [-0.05, 0) is 111 Å². The van der Waals surface area contributed by atoms with E-state index < -0.39 is 0 Å². The maximum absolute atomic E-state index is 4.79. The third-order valence-corrected chi connectivity index (χ3v) is 10.8. The van der Waals surface area contributed by atoms with Crippen molar-refractivity contribution >= 4 is 0 Å². The summed E-state index contributed by atoms with van der Waals surface area (Å²) in [6.45, 7) is 23.1. The van der Waals surface area contributed by atoms with Crippen LogP contribution in [0.2, 0.25) is 0 Å². The van der Waals surface area contributed by atoms with E-state index in [9.17, 15) is 0 Å². The van der Waals surface area contributed by atoms with Crippen LogP contribution in [0.4, 0.5) is 0 Å². The second kappa shape index (κ2) is 8.55. The smallest absolute Gasteiger partial charge is 0.00597 e. The Morgan fingerprint density at radius 1 is 0.966 bits per heavy atom. The fourth-order valence-corrected chi connectivity index (χ4v) is 8.73. The molecule has 0 nitrogen and oxygen atoms in total. The van der Waals surface area contributed by atoms with Crippen molar-refractivity contribution in [2.24, 2.45) is 39.9 Å². The van der Waals surface area contributed by atoms with Crippen LogP contribution < -0.4 is 0 Å². The summed E-state index contributed by atoms with van der Waals surface area (Å²) in [7, 11) is 0. The van der Waals surface area contributed by atoms with Gasteiger partial charge >= 0.3 is 0 Å². The minimum Gasteiger partial charge on any atom is -0.100 e. The van der Waals surface area contributed by atoms with Gasteiger partial charge in [0.05, 0.1) is 0 Å². The van der Waals surface area contributed by atoms with E-state index in [1.165, 1.54) is 82.6 Å². The number of hydrogen-bond acceptors (Lipinski definition) is 0. The molecule has 0 N–H and O–H groups in total.